The summed E-state index contributed by atoms with van der Waals surface area (Å²) < 4.78 is 7.36. The Morgan fingerprint density at radius 3 is 2.38 bits per heavy atom. The van der Waals surface area contributed by atoms with E-state index in [-0.39, 0.29) is 5.78 Å². The van der Waals surface area contributed by atoms with E-state index in [1.165, 1.54) is 10.8 Å². The van der Waals surface area contributed by atoms with Crippen molar-refractivity contribution in [3.63, 3.8) is 0 Å². The summed E-state index contributed by atoms with van der Waals surface area (Å²) in [5, 5.41) is 2.41. The first-order valence-corrected chi connectivity index (χ1v) is 10.5. The van der Waals surface area contributed by atoms with E-state index in [1.807, 2.05) is 56.3 Å². The van der Waals surface area contributed by atoms with Crippen molar-refractivity contribution in [2.45, 2.75) is 18.7 Å². The number of ether oxygens (including phenoxy) is 1. The minimum Gasteiger partial charge on any atom is -0.497 e. The van der Waals surface area contributed by atoms with Gasteiger partial charge in [-0.15, -0.1) is 11.8 Å². The summed E-state index contributed by atoms with van der Waals surface area (Å²) in [6.07, 6.45) is 0. The van der Waals surface area contributed by atoms with Crippen molar-refractivity contribution in [1.82, 2.24) is 4.57 Å². The van der Waals surface area contributed by atoms with Gasteiger partial charge in [0.25, 0.3) is 0 Å². The largest absolute Gasteiger partial charge is 0.497 e. The second-order valence-corrected chi connectivity index (χ2v) is 8.09. The highest BCUT2D eigenvalue weighted by Crippen LogP contribution is 2.27. The second-order valence-electron chi connectivity index (χ2n) is 7.04. The monoisotopic (exact) mass is 401 g/mol. The Kier molecular flexibility index (Phi) is 5.45. The molecule has 0 unspecified atom stereocenters. The molecule has 3 nitrogen and oxygen atoms in total. The number of rotatable bonds is 6. The van der Waals surface area contributed by atoms with Crippen molar-refractivity contribution in [3.8, 4) is 11.4 Å². The summed E-state index contributed by atoms with van der Waals surface area (Å²) in [4.78, 5) is 14.1. The van der Waals surface area contributed by atoms with E-state index in [4.69, 9.17) is 4.74 Å². The van der Waals surface area contributed by atoms with Crippen molar-refractivity contribution >= 4 is 28.3 Å². The predicted molar refractivity (Wildman–Crippen MR) is 121 cm³/mol. The molecule has 0 spiro atoms. The quantitative estimate of drug-likeness (QED) is 0.283. The molecule has 0 aliphatic rings. The molecule has 0 fully saturated rings. The molecule has 0 bridgehead atoms. The second kappa shape index (κ2) is 8.18. The molecular weight excluding hydrogens is 378 g/mol. The number of nitrogens with zero attached hydrogens (tertiary/aromatic N) is 1. The van der Waals surface area contributed by atoms with Crippen molar-refractivity contribution in [1.29, 1.82) is 0 Å². The average molecular weight is 402 g/mol. The molecule has 0 aliphatic carbocycles. The SMILES string of the molecule is COc1ccc(-n2c(C)cc(C(=O)CSc3ccc4ccccc4c3)c2C)cc1. The number of benzene rings is 3. The molecule has 4 rings (SSSR count). The summed E-state index contributed by atoms with van der Waals surface area (Å²) in [6, 6.07) is 24.5. The molecular formula is C25H23NO2S. The third-order valence-electron chi connectivity index (χ3n) is 5.15. The highest BCUT2D eigenvalue weighted by molar-refractivity contribution is 8.00. The number of thioether (sulfide) groups is 1. The van der Waals surface area contributed by atoms with Gasteiger partial charge in [0.1, 0.15) is 5.75 Å². The maximum absolute atomic E-state index is 12.9. The van der Waals surface area contributed by atoms with E-state index in [0.29, 0.717) is 5.75 Å². The standard InChI is InChI=1S/C25H23NO2S/c1-17-14-24(18(2)26(17)21-9-11-22(28-3)12-10-21)25(27)16-29-23-13-8-19-6-4-5-7-20(19)15-23/h4-15H,16H2,1-3H3. The topological polar surface area (TPSA) is 31.2 Å². The van der Waals surface area contributed by atoms with Crippen LogP contribution in [0.15, 0.2) is 77.7 Å². The number of hydrogen-bond acceptors (Lipinski definition) is 3. The lowest BCUT2D eigenvalue weighted by Gasteiger charge is -2.10. The fourth-order valence-corrected chi connectivity index (χ4v) is 4.49. The van der Waals surface area contributed by atoms with Gasteiger partial charge < -0.3 is 9.30 Å². The first kappa shape index (κ1) is 19.3. The molecule has 0 amide bonds. The van der Waals surface area contributed by atoms with Gasteiger partial charge in [0.05, 0.1) is 12.9 Å². The molecule has 146 valence electrons. The van der Waals surface area contributed by atoms with Gasteiger partial charge in [0.2, 0.25) is 0 Å². The van der Waals surface area contributed by atoms with Crippen LogP contribution in [0.2, 0.25) is 0 Å². The van der Waals surface area contributed by atoms with Crippen LogP contribution in [0.3, 0.4) is 0 Å². The highest BCUT2D eigenvalue weighted by atomic mass is 32.2. The number of hydrogen-bond donors (Lipinski definition) is 0. The number of aryl methyl sites for hydroxylation is 1. The molecule has 0 saturated heterocycles. The van der Waals surface area contributed by atoms with Gasteiger partial charge in [-0.05, 0) is 67.1 Å². The minimum atomic E-state index is 0.149. The average Bonchev–Trinajstić information content (AvgIpc) is 3.06. The number of carbonyl (C=O) groups excluding carboxylic acids is 1. The maximum atomic E-state index is 12.9. The van der Waals surface area contributed by atoms with Crippen molar-refractivity contribution in [2.75, 3.05) is 12.9 Å². The molecule has 0 N–H and O–H groups in total. The van der Waals surface area contributed by atoms with E-state index in [1.54, 1.807) is 18.9 Å². The molecule has 1 aromatic heterocycles. The lowest BCUT2D eigenvalue weighted by molar-refractivity contribution is 0.102. The maximum Gasteiger partial charge on any atom is 0.174 e. The zero-order chi connectivity index (χ0) is 20.4. The number of aromatic nitrogens is 1. The number of fused-ring (bicyclic) bond motifs is 1. The van der Waals surface area contributed by atoms with Gasteiger partial charge in [-0.1, -0.05) is 30.3 Å². The molecule has 0 aliphatic heterocycles. The predicted octanol–water partition coefficient (Wildman–Crippen LogP) is 6.23. The van der Waals surface area contributed by atoms with Crippen LogP contribution in [-0.4, -0.2) is 23.2 Å². The normalized spacial score (nSPS) is 11.0. The summed E-state index contributed by atoms with van der Waals surface area (Å²) in [5.41, 5.74) is 3.83. The molecule has 0 atom stereocenters. The van der Waals surface area contributed by atoms with Crippen molar-refractivity contribution in [2.24, 2.45) is 0 Å². The molecule has 29 heavy (non-hydrogen) atoms. The summed E-state index contributed by atoms with van der Waals surface area (Å²) >= 11 is 1.59. The van der Waals surface area contributed by atoms with Gasteiger partial charge in [-0.3, -0.25) is 4.79 Å². The molecule has 3 aromatic carbocycles. The van der Waals surface area contributed by atoms with Gasteiger partial charge >= 0.3 is 0 Å². The van der Waals surface area contributed by atoms with E-state index in [2.05, 4.69) is 34.9 Å². The zero-order valence-electron chi connectivity index (χ0n) is 16.8. The van der Waals surface area contributed by atoms with Crippen LogP contribution in [0, 0.1) is 13.8 Å². The van der Waals surface area contributed by atoms with Crippen LogP contribution >= 0.6 is 11.8 Å². The number of ketones is 1. The number of methoxy groups -OCH3 is 1. The van der Waals surface area contributed by atoms with Gasteiger partial charge in [0.15, 0.2) is 5.78 Å². The highest BCUT2D eigenvalue weighted by Gasteiger charge is 2.17. The number of Topliss-reactive ketones (excluding diaryl/α,β-unsaturated/α-hetero) is 1. The van der Waals surface area contributed by atoms with E-state index >= 15 is 0 Å². The molecule has 0 radical (unpaired) electrons. The van der Waals surface area contributed by atoms with E-state index in [9.17, 15) is 4.79 Å². The Balaban J connectivity index is 1.53. The van der Waals surface area contributed by atoms with E-state index in [0.717, 1.165) is 33.3 Å². The zero-order valence-corrected chi connectivity index (χ0v) is 17.6. The fraction of sp³-hybridized carbons (Fsp3) is 0.160. The van der Waals surface area contributed by atoms with Gasteiger partial charge in [0, 0.05) is 27.5 Å². The Hall–Kier alpha value is -2.98. The Labute approximate surface area is 175 Å². The minimum absolute atomic E-state index is 0.149. The molecule has 1 heterocycles. The van der Waals surface area contributed by atoms with Crippen LogP contribution < -0.4 is 4.74 Å². The molecule has 4 heteroatoms. The first-order valence-electron chi connectivity index (χ1n) is 9.55. The van der Waals surface area contributed by atoms with E-state index < -0.39 is 0 Å². The third kappa shape index (κ3) is 3.94. The number of carbonyl (C=O) groups is 1. The molecule has 4 aromatic rings. The van der Waals surface area contributed by atoms with Crippen LogP contribution in [0.4, 0.5) is 0 Å². The lowest BCUT2D eigenvalue weighted by atomic mass is 10.1. The Morgan fingerprint density at radius 2 is 1.66 bits per heavy atom. The summed E-state index contributed by atoms with van der Waals surface area (Å²) in [7, 11) is 1.66. The van der Waals surface area contributed by atoms with Crippen LogP contribution in [0.25, 0.3) is 16.5 Å². The first-order chi connectivity index (χ1) is 14.1. The Bertz CT molecular complexity index is 1180. The van der Waals surface area contributed by atoms with Gasteiger partial charge in [-0.25, -0.2) is 0 Å². The van der Waals surface area contributed by atoms with Crippen LogP contribution in [0.1, 0.15) is 21.7 Å². The van der Waals surface area contributed by atoms with Crippen molar-refractivity contribution < 1.29 is 9.53 Å². The fourth-order valence-electron chi connectivity index (χ4n) is 3.66. The van der Waals surface area contributed by atoms with Crippen LogP contribution in [-0.2, 0) is 0 Å². The lowest BCUT2D eigenvalue weighted by Crippen LogP contribution is -2.05. The van der Waals surface area contributed by atoms with Crippen LogP contribution in [0.5, 0.6) is 5.75 Å². The molecule has 0 saturated carbocycles. The summed E-state index contributed by atoms with van der Waals surface area (Å²) in [6.45, 7) is 4.04. The smallest absolute Gasteiger partial charge is 0.174 e. The van der Waals surface area contributed by atoms with Crippen molar-refractivity contribution in [3.05, 3.63) is 89.7 Å². The summed E-state index contributed by atoms with van der Waals surface area (Å²) in [5.74, 6) is 1.39. The van der Waals surface area contributed by atoms with Gasteiger partial charge in [-0.2, -0.15) is 0 Å². The Morgan fingerprint density at radius 1 is 0.931 bits per heavy atom. The third-order valence-corrected chi connectivity index (χ3v) is 6.15.